The molecule has 0 amide bonds. The highest BCUT2D eigenvalue weighted by Crippen LogP contribution is 2.08. The van der Waals surface area contributed by atoms with Crippen LogP contribution < -0.4 is 5.56 Å². The van der Waals surface area contributed by atoms with Gasteiger partial charge in [-0.25, -0.2) is 4.39 Å². The molecule has 0 aliphatic heterocycles. The average molecular weight is 228 g/mol. The minimum Gasteiger partial charge on any atom is -0.308 e. The van der Waals surface area contributed by atoms with Crippen LogP contribution in [0.15, 0.2) is 47.4 Å². The molecule has 0 aliphatic carbocycles. The third-order valence-corrected chi connectivity index (χ3v) is 2.43. The Labute approximate surface area is 97.4 Å². The predicted octanol–water partition coefficient (Wildman–Crippen LogP) is 1.91. The molecule has 0 atom stereocenters. The third kappa shape index (κ3) is 2.40. The second kappa shape index (κ2) is 4.62. The lowest BCUT2D eigenvalue weighted by molar-refractivity contribution is 0.595. The lowest BCUT2D eigenvalue weighted by atomic mass is 10.1. The fourth-order valence-electron chi connectivity index (χ4n) is 1.58. The fourth-order valence-corrected chi connectivity index (χ4v) is 1.58. The Balaban J connectivity index is 2.42. The summed E-state index contributed by atoms with van der Waals surface area (Å²) in [5.74, 6) is -0.473. The van der Waals surface area contributed by atoms with E-state index in [0.717, 1.165) is 12.3 Å². The van der Waals surface area contributed by atoms with E-state index >= 15 is 0 Å². The van der Waals surface area contributed by atoms with E-state index in [1.54, 1.807) is 24.3 Å². The molecule has 1 heterocycles. The smallest absolute Gasteiger partial charge is 0.251 e. The predicted molar refractivity (Wildman–Crippen MR) is 60.9 cm³/mol. The third-order valence-electron chi connectivity index (χ3n) is 2.43. The van der Waals surface area contributed by atoms with Gasteiger partial charge in [0.2, 0.25) is 0 Å². The van der Waals surface area contributed by atoms with Crippen LogP contribution in [0.3, 0.4) is 0 Å². The zero-order chi connectivity index (χ0) is 12.3. The van der Waals surface area contributed by atoms with Crippen molar-refractivity contribution >= 4 is 0 Å². The lowest BCUT2D eigenvalue weighted by Crippen LogP contribution is -2.19. The summed E-state index contributed by atoms with van der Waals surface area (Å²) in [6.45, 7) is 0.195. The minimum atomic E-state index is -0.473. The number of pyridine rings is 1. The maximum atomic E-state index is 13.0. The molecular formula is C13H9FN2O. The highest BCUT2D eigenvalue weighted by molar-refractivity contribution is 5.37. The maximum Gasteiger partial charge on any atom is 0.251 e. The summed E-state index contributed by atoms with van der Waals surface area (Å²) in [6.07, 6.45) is 1.14. The molecule has 0 spiro atoms. The maximum absolute atomic E-state index is 13.0. The van der Waals surface area contributed by atoms with Gasteiger partial charge in [0.25, 0.3) is 5.56 Å². The van der Waals surface area contributed by atoms with E-state index in [9.17, 15) is 9.18 Å². The number of benzene rings is 1. The number of nitriles is 1. The standard InChI is InChI=1S/C13H9FN2O/c14-12-5-6-13(17)16(9-12)8-11-4-2-1-3-10(11)7-15/h1-6,9H,8H2. The zero-order valence-electron chi connectivity index (χ0n) is 8.93. The molecule has 0 bridgehead atoms. The van der Waals surface area contributed by atoms with Crippen molar-refractivity contribution < 1.29 is 4.39 Å². The summed E-state index contributed by atoms with van der Waals surface area (Å²) in [5.41, 5.74) is 0.894. The fraction of sp³-hybridized carbons (Fsp3) is 0.0769. The SMILES string of the molecule is N#Cc1ccccc1Cn1cc(F)ccc1=O. The van der Waals surface area contributed by atoms with Crippen LogP contribution in [-0.2, 0) is 6.54 Å². The van der Waals surface area contributed by atoms with Gasteiger partial charge >= 0.3 is 0 Å². The van der Waals surface area contributed by atoms with Crippen molar-refractivity contribution in [3.05, 3.63) is 69.9 Å². The van der Waals surface area contributed by atoms with Crippen LogP contribution in [0.2, 0.25) is 0 Å². The quantitative estimate of drug-likeness (QED) is 0.788. The summed E-state index contributed by atoms with van der Waals surface area (Å²) in [5, 5.41) is 8.91. The molecular weight excluding hydrogens is 219 g/mol. The molecule has 1 aromatic carbocycles. The van der Waals surface area contributed by atoms with Gasteiger partial charge in [0, 0.05) is 12.3 Å². The Morgan fingerprint density at radius 2 is 2.00 bits per heavy atom. The van der Waals surface area contributed by atoms with Gasteiger partial charge in [-0.2, -0.15) is 5.26 Å². The second-order valence-corrected chi connectivity index (χ2v) is 3.58. The van der Waals surface area contributed by atoms with Gasteiger partial charge in [0.15, 0.2) is 0 Å². The van der Waals surface area contributed by atoms with E-state index in [1.165, 1.54) is 10.6 Å². The first kappa shape index (κ1) is 11.1. The zero-order valence-corrected chi connectivity index (χ0v) is 8.93. The first-order valence-corrected chi connectivity index (χ1v) is 5.05. The van der Waals surface area contributed by atoms with E-state index in [-0.39, 0.29) is 12.1 Å². The second-order valence-electron chi connectivity index (χ2n) is 3.58. The van der Waals surface area contributed by atoms with Gasteiger partial charge < -0.3 is 4.57 Å². The largest absolute Gasteiger partial charge is 0.308 e. The molecule has 0 fully saturated rings. The van der Waals surface area contributed by atoms with Crippen LogP contribution in [-0.4, -0.2) is 4.57 Å². The Morgan fingerprint density at radius 3 is 2.76 bits per heavy atom. The summed E-state index contributed by atoms with van der Waals surface area (Å²) < 4.78 is 14.2. The number of hydrogen-bond donors (Lipinski definition) is 0. The normalized spacial score (nSPS) is 9.88. The van der Waals surface area contributed by atoms with Crippen molar-refractivity contribution in [3.8, 4) is 6.07 Å². The Morgan fingerprint density at radius 1 is 1.24 bits per heavy atom. The van der Waals surface area contributed by atoms with Crippen LogP contribution in [0, 0.1) is 17.1 Å². The van der Waals surface area contributed by atoms with Gasteiger partial charge in [-0.3, -0.25) is 4.79 Å². The molecule has 4 heteroatoms. The number of rotatable bonds is 2. The summed E-state index contributed by atoms with van der Waals surface area (Å²) in [4.78, 5) is 11.5. The van der Waals surface area contributed by atoms with Crippen molar-refractivity contribution in [1.29, 1.82) is 5.26 Å². The van der Waals surface area contributed by atoms with E-state index in [2.05, 4.69) is 0 Å². The summed E-state index contributed by atoms with van der Waals surface area (Å²) in [6, 6.07) is 11.3. The number of hydrogen-bond acceptors (Lipinski definition) is 2. The van der Waals surface area contributed by atoms with Gasteiger partial charge in [-0.05, 0) is 17.7 Å². The molecule has 0 saturated carbocycles. The van der Waals surface area contributed by atoms with Crippen molar-refractivity contribution in [2.45, 2.75) is 6.54 Å². The van der Waals surface area contributed by atoms with Gasteiger partial charge in [-0.1, -0.05) is 18.2 Å². The van der Waals surface area contributed by atoms with E-state index in [1.807, 2.05) is 6.07 Å². The molecule has 0 radical (unpaired) electrons. The molecule has 0 aliphatic rings. The van der Waals surface area contributed by atoms with Gasteiger partial charge in [0.05, 0.1) is 18.2 Å². The summed E-state index contributed by atoms with van der Waals surface area (Å²) in [7, 11) is 0. The Hall–Kier alpha value is -2.41. The molecule has 0 unspecified atom stereocenters. The first-order chi connectivity index (χ1) is 8.20. The number of nitrogens with zero attached hydrogens (tertiary/aromatic N) is 2. The number of halogens is 1. The molecule has 1 aromatic heterocycles. The van der Waals surface area contributed by atoms with Crippen LogP contribution in [0.4, 0.5) is 4.39 Å². The first-order valence-electron chi connectivity index (χ1n) is 5.05. The Kier molecular flexibility index (Phi) is 3.01. The average Bonchev–Trinajstić information content (AvgIpc) is 2.34. The van der Waals surface area contributed by atoms with Crippen LogP contribution in [0.5, 0.6) is 0 Å². The van der Waals surface area contributed by atoms with Crippen molar-refractivity contribution in [3.63, 3.8) is 0 Å². The van der Waals surface area contributed by atoms with Crippen LogP contribution in [0.1, 0.15) is 11.1 Å². The Bertz CT molecular complexity index is 640. The van der Waals surface area contributed by atoms with E-state index < -0.39 is 5.82 Å². The highest BCUT2D eigenvalue weighted by atomic mass is 19.1. The number of aromatic nitrogens is 1. The van der Waals surface area contributed by atoms with Crippen LogP contribution in [0.25, 0.3) is 0 Å². The van der Waals surface area contributed by atoms with E-state index in [4.69, 9.17) is 5.26 Å². The lowest BCUT2D eigenvalue weighted by Gasteiger charge is -2.06. The molecule has 3 nitrogen and oxygen atoms in total. The molecule has 17 heavy (non-hydrogen) atoms. The van der Waals surface area contributed by atoms with E-state index in [0.29, 0.717) is 11.1 Å². The minimum absolute atomic E-state index is 0.195. The summed E-state index contributed by atoms with van der Waals surface area (Å²) >= 11 is 0. The van der Waals surface area contributed by atoms with Crippen molar-refractivity contribution in [2.24, 2.45) is 0 Å². The monoisotopic (exact) mass is 228 g/mol. The molecule has 0 saturated heterocycles. The highest BCUT2D eigenvalue weighted by Gasteiger charge is 2.03. The molecule has 2 aromatic rings. The van der Waals surface area contributed by atoms with Crippen LogP contribution >= 0.6 is 0 Å². The molecule has 2 rings (SSSR count). The molecule has 84 valence electrons. The van der Waals surface area contributed by atoms with Crippen molar-refractivity contribution in [1.82, 2.24) is 4.57 Å². The van der Waals surface area contributed by atoms with Gasteiger partial charge in [0.1, 0.15) is 5.82 Å². The van der Waals surface area contributed by atoms with Gasteiger partial charge in [-0.15, -0.1) is 0 Å². The molecule has 0 N–H and O–H groups in total. The topological polar surface area (TPSA) is 45.8 Å². The van der Waals surface area contributed by atoms with Crippen molar-refractivity contribution in [2.75, 3.05) is 0 Å².